The molecule has 0 spiro atoms. The maximum atomic E-state index is 11.1. The maximum Gasteiger partial charge on any atom is 0.316 e. The maximum absolute atomic E-state index is 11.1. The van der Waals surface area contributed by atoms with Crippen molar-refractivity contribution in [2.24, 2.45) is 0 Å². The first kappa shape index (κ1) is 13.4. The molecule has 0 bridgehead atoms. The lowest BCUT2D eigenvalue weighted by Crippen LogP contribution is -2.13. The van der Waals surface area contributed by atoms with E-state index in [9.17, 15) is 4.79 Å². The lowest BCUT2D eigenvalue weighted by atomic mass is 10.3. The topological polar surface area (TPSA) is 59.3 Å². The summed E-state index contributed by atoms with van der Waals surface area (Å²) in [6.07, 6.45) is 0. The number of nitriles is 1. The van der Waals surface area contributed by atoms with Crippen LogP contribution in [0.25, 0.3) is 0 Å². The van der Waals surface area contributed by atoms with Gasteiger partial charge >= 0.3 is 5.97 Å². The van der Waals surface area contributed by atoms with Crippen molar-refractivity contribution in [1.29, 1.82) is 5.26 Å². The highest BCUT2D eigenvalue weighted by Gasteiger charge is 2.02. The summed E-state index contributed by atoms with van der Waals surface area (Å²) in [6.45, 7) is 0.555. The molecular formula is C12H13NO3S. The third kappa shape index (κ3) is 6.48. The Morgan fingerprint density at radius 2 is 2.06 bits per heavy atom. The van der Waals surface area contributed by atoms with E-state index in [2.05, 4.69) is 0 Å². The van der Waals surface area contributed by atoms with Crippen molar-refractivity contribution in [2.75, 3.05) is 24.7 Å². The van der Waals surface area contributed by atoms with Gasteiger partial charge in [0.1, 0.15) is 19.0 Å². The Morgan fingerprint density at radius 3 is 2.76 bits per heavy atom. The third-order valence-corrected chi connectivity index (χ3v) is 2.52. The summed E-state index contributed by atoms with van der Waals surface area (Å²) < 4.78 is 10.3. The smallest absolute Gasteiger partial charge is 0.316 e. The number of carbonyl (C=O) groups excluding carboxylic acids is 1. The van der Waals surface area contributed by atoms with E-state index in [1.165, 1.54) is 11.8 Å². The molecule has 17 heavy (non-hydrogen) atoms. The number of esters is 1. The van der Waals surface area contributed by atoms with Gasteiger partial charge in [-0.05, 0) is 12.1 Å². The second-order valence-corrected chi connectivity index (χ2v) is 4.02. The molecule has 1 aromatic carbocycles. The lowest BCUT2D eigenvalue weighted by molar-refractivity contribution is -0.141. The number of ether oxygens (including phenoxy) is 2. The van der Waals surface area contributed by atoms with E-state index in [-0.39, 0.29) is 18.3 Å². The summed E-state index contributed by atoms with van der Waals surface area (Å²) in [5, 5.41) is 8.28. The van der Waals surface area contributed by atoms with Crippen LogP contribution in [-0.4, -0.2) is 30.7 Å². The van der Waals surface area contributed by atoms with E-state index < -0.39 is 0 Å². The number of para-hydroxylation sites is 1. The van der Waals surface area contributed by atoms with Crippen LogP contribution in [0.15, 0.2) is 30.3 Å². The lowest BCUT2D eigenvalue weighted by Gasteiger charge is -2.06. The van der Waals surface area contributed by atoms with E-state index in [1.54, 1.807) is 0 Å². The monoisotopic (exact) mass is 251 g/mol. The van der Waals surface area contributed by atoms with E-state index >= 15 is 0 Å². The first-order valence-electron chi connectivity index (χ1n) is 5.11. The molecule has 5 heteroatoms. The van der Waals surface area contributed by atoms with Crippen LogP contribution in [0.2, 0.25) is 0 Å². The molecule has 0 atom stereocenters. The second kappa shape index (κ2) is 8.48. The SMILES string of the molecule is N#CCSCC(=O)OCCOc1ccccc1. The van der Waals surface area contributed by atoms with Crippen LogP contribution < -0.4 is 4.74 Å². The fourth-order valence-corrected chi connectivity index (χ4v) is 1.50. The number of thioether (sulfide) groups is 1. The highest BCUT2D eigenvalue weighted by molar-refractivity contribution is 8.00. The molecule has 0 aromatic heterocycles. The van der Waals surface area contributed by atoms with Crippen molar-refractivity contribution >= 4 is 17.7 Å². The van der Waals surface area contributed by atoms with E-state index in [1.807, 2.05) is 36.4 Å². The Kier molecular flexibility index (Phi) is 6.68. The zero-order chi connectivity index (χ0) is 12.3. The van der Waals surface area contributed by atoms with Crippen molar-refractivity contribution in [3.63, 3.8) is 0 Å². The second-order valence-electron chi connectivity index (χ2n) is 3.03. The number of rotatable bonds is 7. The molecule has 1 rings (SSSR count). The molecule has 4 nitrogen and oxygen atoms in total. The van der Waals surface area contributed by atoms with Crippen LogP contribution >= 0.6 is 11.8 Å². The van der Waals surface area contributed by atoms with Crippen LogP contribution in [0.5, 0.6) is 5.75 Å². The van der Waals surface area contributed by atoms with Crippen molar-refractivity contribution in [3.8, 4) is 11.8 Å². The number of carbonyl (C=O) groups is 1. The first-order valence-corrected chi connectivity index (χ1v) is 6.26. The number of nitrogens with zero attached hydrogens (tertiary/aromatic N) is 1. The molecule has 1 aromatic rings. The van der Waals surface area contributed by atoms with E-state index in [4.69, 9.17) is 14.7 Å². The zero-order valence-corrected chi connectivity index (χ0v) is 10.1. The Hall–Kier alpha value is -1.67. The molecule has 0 heterocycles. The summed E-state index contributed by atoms with van der Waals surface area (Å²) in [5.74, 6) is 0.943. The minimum Gasteiger partial charge on any atom is -0.490 e. The van der Waals surface area contributed by atoms with Gasteiger partial charge in [0.2, 0.25) is 0 Å². The normalized spacial score (nSPS) is 9.35. The Labute approximate surface area is 105 Å². The van der Waals surface area contributed by atoms with Gasteiger partial charge in [-0.2, -0.15) is 5.26 Å². The average molecular weight is 251 g/mol. The largest absolute Gasteiger partial charge is 0.490 e. The molecule has 0 aliphatic carbocycles. The standard InChI is InChI=1S/C12H13NO3S/c13-6-9-17-10-12(14)16-8-7-15-11-4-2-1-3-5-11/h1-5H,7-10H2. The number of hydrogen-bond acceptors (Lipinski definition) is 5. The molecule has 0 aliphatic heterocycles. The molecule has 0 amide bonds. The summed E-state index contributed by atoms with van der Waals surface area (Å²) in [7, 11) is 0. The summed E-state index contributed by atoms with van der Waals surface area (Å²) >= 11 is 1.24. The molecule has 0 unspecified atom stereocenters. The molecule has 0 saturated heterocycles. The zero-order valence-electron chi connectivity index (χ0n) is 9.30. The first-order chi connectivity index (χ1) is 8.33. The predicted octanol–water partition coefficient (Wildman–Crippen LogP) is 1.87. The van der Waals surface area contributed by atoms with Crippen LogP contribution in [0.3, 0.4) is 0 Å². The summed E-state index contributed by atoms with van der Waals surface area (Å²) in [6, 6.07) is 11.3. The van der Waals surface area contributed by atoms with Gasteiger partial charge < -0.3 is 9.47 Å². The van der Waals surface area contributed by atoms with Crippen molar-refractivity contribution < 1.29 is 14.3 Å². The molecule has 0 aliphatic rings. The van der Waals surface area contributed by atoms with Gasteiger partial charge in [0.25, 0.3) is 0 Å². The van der Waals surface area contributed by atoms with Gasteiger partial charge in [-0.3, -0.25) is 4.79 Å². The molecule has 0 fully saturated rings. The van der Waals surface area contributed by atoms with Gasteiger partial charge in [-0.15, -0.1) is 11.8 Å². The third-order valence-electron chi connectivity index (χ3n) is 1.74. The number of benzene rings is 1. The van der Waals surface area contributed by atoms with Gasteiger partial charge in [-0.1, -0.05) is 18.2 Å². The predicted molar refractivity (Wildman–Crippen MR) is 65.8 cm³/mol. The average Bonchev–Trinajstić information content (AvgIpc) is 2.36. The Balaban J connectivity index is 2.04. The van der Waals surface area contributed by atoms with Crippen molar-refractivity contribution in [1.82, 2.24) is 0 Å². The van der Waals surface area contributed by atoms with Crippen LogP contribution in [0.1, 0.15) is 0 Å². The minimum atomic E-state index is -0.318. The van der Waals surface area contributed by atoms with Crippen molar-refractivity contribution in [2.45, 2.75) is 0 Å². The van der Waals surface area contributed by atoms with Gasteiger partial charge in [0.15, 0.2) is 0 Å². The molecule has 0 saturated carbocycles. The van der Waals surface area contributed by atoms with Gasteiger partial charge in [0, 0.05) is 0 Å². The fourth-order valence-electron chi connectivity index (χ4n) is 1.05. The highest BCUT2D eigenvalue weighted by atomic mass is 32.2. The van der Waals surface area contributed by atoms with Crippen LogP contribution in [0.4, 0.5) is 0 Å². The van der Waals surface area contributed by atoms with Crippen LogP contribution in [0, 0.1) is 11.3 Å². The van der Waals surface area contributed by atoms with E-state index in [0.29, 0.717) is 12.4 Å². The highest BCUT2D eigenvalue weighted by Crippen LogP contribution is 2.07. The van der Waals surface area contributed by atoms with Gasteiger partial charge in [0.05, 0.1) is 17.6 Å². The quantitative estimate of drug-likeness (QED) is 0.547. The fraction of sp³-hybridized carbons (Fsp3) is 0.333. The molecule has 0 N–H and O–H groups in total. The van der Waals surface area contributed by atoms with Crippen LogP contribution in [-0.2, 0) is 9.53 Å². The van der Waals surface area contributed by atoms with Gasteiger partial charge in [-0.25, -0.2) is 0 Å². The molecular weight excluding hydrogens is 238 g/mol. The molecule has 0 radical (unpaired) electrons. The summed E-state index contributed by atoms with van der Waals surface area (Å²) in [5.41, 5.74) is 0. The Bertz CT molecular complexity index is 375. The summed E-state index contributed by atoms with van der Waals surface area (Å²) in [4.78, 5) is 11.1. The van der Waals surface area contributed by atoms with Crippen molar-refractivity contribution in [3.05, 3.63) is 30.3 Å². The Morgan fingerprint density at radius 1 is 1.29 bits per heavy atom. The number of hydrogen-bond donors (Lipinski definition) is 0. The van der Waals surface area contributed by atoms with E-state index in [0.717, 1.165) is 5.75 Å². The minimum absolute atomic E-state index is 0.207. The molecule has 90 valence electrons.